The predicted octanol–water partition coefficient (Wildman–Crippen LogP) is 4.07. The van der Waals surface area contributed by atoms with Crippen molar-refractivity contribution in [2.75, 3.05) is 32.3 Å². The van der Waals surface area contributed by atoms with Crippen LogP contribution in [0.5, 0.6) is 11.5 Å². The maximum atomic E-state index is 13.3. The van der Waals surface area contributed by atoms with Crippen LogP contribution in [0.3, 0.4) is 0 Å². The summed E-state index contributed by atoms with van der Waals surface area (Å²) in [6.45, 7) is 1.26. The van der Waals surface area contributed by atoms with Crippen molar-refractivity contribution in [3.63, 3.8) is 0 Å². The van der Waals surface area contributed by atoms with Crippen molar-refractivity contribution >= 4 is 32.6 Å². The minimum Gasteiger partial charge on any atom is -0.497 e. The molecule has 4 rings (SSSR count). The van der Waals surface area contributed by atoms with Gasteiger partial charge >= 0.3 is 0 Å². The van der Waals surface area contributed by atoms with Gasteiger partial charge in [0.2, 0.25) is 5.91 Å². The van der Waals surface area contributed by atoms with E-state index in [9.17, 15) is 4.79 Å². The Labute approximate surface area is 174 Å². The minimum absolute atomic E-state index is 0.00342. The van der Waals surface area contributed by atoms with E-state index >= 15 is 0 Å². The third-order valence-electron chi connectivity index (χ3n) is 5.05. The summed E-state index contributed by atoms with van der Waals surface area (Å²) in [5.41, 5.74) is 1.72. The Bertz CT molecular complexity index is 980. The number of fused-ring (bicyclic) bond motifs is 1. The average molecular weight is 413 g/mol. The number of thiazole rings is 1. The standard InChI is InChI=1S/C22H24N2O4S/c1-26-16-10-8-15(9-11-16)13-20(25)24(14-17-5-4-12-28-17)22-23-21-18(27-2)6-3-7-19(21)29-22/h3,6-11,17H,4-5,12-14H2,1-2H3. The molecule has 1 atom stereocenters. The van der Waals surface area contributed by atoms with Crippen molar-refractivity contribution < 1.29 is 19.0 Å². The number of anilines is 1. The lowest BCUT2D eigenvalue weighted by Crippen LogP contribution is -2.38. The van der Waals surface area contributed by atoms with Gasteiger partial charge in [0.1, 0.15) is 17.0 Å². The number of methoxy groups -OCH3 is 2. The molecule has 2 heterocycles. The lowest BCUT2D eigenvalue weighted by molar-refractivity contribution is -0.118. The molecular formula is C22H24N2O4S. The molecule has 0 spiro atoms. The zero-order chi connectivity index (χ0) is 20.2. The molecule has 0 radical (unpaired) electrons. The monoisotopic (exact) mass is 412 g/mol. The number of amides is 1. The molecular weight excluding hydrogens is 388 g/mol. The van der Waals surface area contributed by atoms with Crippen LogP contribution >= 0.6 is 11.3 Å². The Morgan fingerprint density at radius 3 is 2.72 bits per heavy atom. The summed E-state index contributed by atoms with van der Waals surface area (Å²) >= 11 is 1.50. The molecule has 1 amide bonds. The number of nitrogens with zero attached hydrogens (tertiary/aromatic N) is 2. The van der Waals surface area contributed by atoms with Gasteiger partial charge in [-0.2, -0.15) is 0 Å². The number of carbonyl (C=O) groups excluding carboxylic acids is 1. The molecule has 152 valence electrons. The lowest BCUT2D eigenvalue weighted by Gasteiger charge is -2.23. The third-order valence-corrected chi connectivity index (χ3v) is 6.09. The minimum atomic E-state index is 0.00342. The molecule has 0 aliphatic carbocycles. The number of rotatable bonds is 7. The normalized spacial score (nSPS) is 16.1. The van der Waals surface area contributed by atoms with Gasteiger partial charge in [0.05, 0.1) is 38.0 Å². The fourth-order valence-electron chi connectivity index (χ4n) is 3.48. The van der Waals surface area contributed by atoms with E-state index in [2.05, 4.69) is 0 Å². The summed E-state index contributed by atoms with van der Waals surface area (Å²) in [5, 5.41) is 0.679. The number of hydrogen-bond acceptors (Lipinski definition) is 6. The van der Waals surface area contributed by atoms with Crippen LogP contribution in [-0.4, -0.2) is 44.4 Å². The van der Waals surface area contributed by atoms with Crippen LogP contribution in [-0.2, 0) is 16.0 Å². The van der Waals surface area contributed by atoms with Crippen LogP contribution in [0.4, 0.5) is 5.13 Å². The summed E-state index contributed by atoms with van der Waals surface area (Å²) in [5.74, 6) is 1.49. The second-order valence-electron chi connectivity index (χ2n) is 6.97. The van der Waals surface area contributed by atoms with Crippen LogP contribution in [0.2, 0.25) is 0 Å². The topological polar surface area (TPSA) is 60.9 Å². The first kappa shape index (κ1) is 19.7. The second kappa shape index (κ2) is 8.80. The van der Waals surface area contributed by atoms with E-state index in [-0.39, 0.29) is 12.0 Å². The first-order chi connectivity index (χ1) is 14.2. The quantitative estimate of drug-likeness (QED) is 0.585. The molecule has 1 aliphatic heterocycles. The highest BCUT2D eigenvalue weighted by Crippen LogP contribution is 2.35. The number of hydrogen-bond donors (Lipinski definition) is 0. The first-order valence-electron chi connectivity index (χ1n) is 9.66. The molecule has 1 aromatic heterocycles. The summed E-state index contributed by atoms with van der Waals surface area (Å²) < 4.78 is 17.4. The van der Waals surface area contributed by atoms with Gasteiger partial charge in [0, 0.05) is 6.61 Å². The Morgan fingerprint density at radius 2 is 2.03 bits per heavy atom. The van der Waals surface area contributed by atoms with E-state index < -0.39 is 0 Å². The summed E-state index contributed by atoms with van der Waals surface area (Å²) in [6, 6.07) is 13.4. The molecule has 0 N–H and O–H groups in total. The molecule has 1 fully saturated rings. The zero-order valence-corrected chi connectivity index (χ0v) is 17.4. The first-order valence-corrected chi connectivity index (χ1v) is 10.5. The Morgan fingerprint density at radius 1 is 1.21 bits per heavy atom. The number of carbonyl (C=O) groups is 1. The number of para-hydroxylation sites is 1. The summed E-state index contributed by atoms with van der Waals surface area (Å²) in [6.07, 6.45) is 2.33. The summed E-state index contributed by atoms with van der Waals surface area (Å²) in [7, 11) is 3.26. The van der Waals surface area contributed by atoms with E-state index in [1.165, 1.54) is 11.3 Å². The van der Waals surface area contributed by atoms with Crippen LogP contribution in [0.15, 0.2) is 42.5 Å². The number of aromatic nitrogens is 1. The predicted molar refractivity (Wildman–Crippen MR) is 114 cm³/mol. The van der Waals surface area contributed by atoms with Crippen molar-refractivity contribution in [3.05, 3.63) is 48.0 Å². The van der Waals surface area contributed by atoms with Gasteiger partial charge in [0.25, 0.3) is 0 Å². The van der Waals surface area contributed by atoms with Crippen LogP contribution in [0, 0.1) is 0 Å². The van der Waals surface area contributed by atoms with Crippen LogP contribution in [0.25, 0.3) is 10.2 Å². The van der Waals surface area contributed by atoms with E-state index in [0.29, 0.717) is 23.8 Å². The smallest absolute Gasteiger partial charge is 0.233 e. The average Bonchev–Trinajstić information content (AvgIpc) is 3.41. The van der Waals surface area contributed by atoms with Gasteiger partial charge in [-0.3, -0.25) is 9.69 Å². The van der Waals surface area contributed by atoms with Crippen molar-refractivity contribution in [1.82, 2.24) is 4.98 Å². The van der Waals surface area contributed by atoms with Gasteiger partial charge in [-0.1, -0.05) is 29.5 Å². The van der Waals surface area contributed by atoms with Crippen molar-refractivity contribution in [2.45, 2.75) is 25.4 Å². The fourth-order valence-corrected chi connectivity index (χ4v) is 4.49. The van der Waals surface area contributed by atoms with Crippen molar-refractivity contribution in [2.24, 2.45) is 0 Å². The van der Waals surface area contributed by atoms with Gasteiger partial charge in [0.15, 0.2) is 5.13 Å². The van der Waals surface area contributed by atoms with Gasteiger partial charge < -0.3 is 14.2 Å². The maximum Gasteiger partial charge on any atom is 0.233 e. The van der Waals surface area contributed by atoms with E-state index in [4.69, 9.17) is 19.2 Å². The van der Waals surface area contributed by atoms with Crippen LogP contribution < -0.4 is 14.4 Å². The van der Waals surface area contributed by atoms with Gasteiger partial charge in [-0.25, -0.2) is 4.98 Å². The molecule has 0 saturated carbocycles. The molecule has 1 aliphatic rings. The molecule has 0 bridgehead atoms. The maximum absolute atomic E-state index is 13.3. The Kier molecular flexibility index (Phi) is 5.97. The fraction of sp³-hybridized carbons (Fsp3) is 0.364. The zero-order valence-electron chi connectivity index (χ0n) is 16.6. The van der Waals surface area contributed by atoms with Crippen LogP contribution in [0.1, 0.15) is 18.4 Å². The van der Waals surface area contributed by atoms with E-state index in [0.717, 1.165) is 41.0 Å². The Balaban J connectivity index is 1.62. The van der Waals surface area contributed by atoms with Gasteiger partial charge in [-0.05, 0) is 42.7 Å². The highest BCUT2D eigenvalue weighted by atomic mass is 32.1. The van der Waals surface area contributed by atoms with Crippen molar-refractivity contribution in [1.29, 1.82) is 0 Å². The largest absolute Gasteiger partial charge is 0.497 e. The van der Waals surface area contributed by atoms with E-state index in [1.807, 2.05) is 42.5 Å². The molecule has 2 aromatic carbocycles. The molecule has 3 aromatic rings. The molecule has 7 heteroatoms. The van der Waals surface area contributed by atoms with Crippen molar-refractivity contribution in [3.8, 4) is 11.5 Å². The highest BCUT2D eigenvalue weighted by Gasteiger charge is 2.26. The molecule has 6 nitrogen and oxygen atoms in total. The number of benzene rings is 2. The SMILES string of the molecule is COc1ccc(CC(=O)N(CC2CCCO2)c2nc3c(OC)cccc3s2)cc1. The van der Waals surface area contributed by atoms with Gasteiger partial charge in [-0.15, -0.1) is 0 Å². The number of ether oxygens (including phenoxy) is 3. The lowest BCUT2D eigenvalue weighted by atomic mass is 10.1. The third kappa shape index (κ3) is 4.36. The highest BCUT2D eigenvalue weighted by molar-refractivity contribution is 7.22. The second-order valence-corrected chi connectivity index (χ2v) is 7.98. The molecule has 1 saturated heterocycles. The molecule has 29 heavy (non-hydrogen) atoms. The van der Waals surface area contributed by atoms with E-state index in [1.54, 1.807) is 19.1 Å². The molecule has 1 unspecified atom stereocenters. The Hall–Kier alpha value is -2.64. The summed E-state index contributed by atoms with van der Waals surface area (Å²) in [4.78, 5) is 19.8.